The monoisotopic (exact) mass is 346 g/mol. The van der Waals surface area contributed by atoms with Gasteiger partial charge in [0.05, 0.1) is 6.54 Å². The van der Waals surface area contributed by atoms with Crippen LogP contribution in [0.2, 0.25) is 0 Å². The highest BCUT2D eigenvalue weighted by Crippen LogP contribution is 2.22. The van der Waals surface area contributed by atoms with Crippen LogP contribution in [0.25, 0.3) is 0 Å². The molecule has 0 saturated heterocycles. The van der Waals surface area contributed by atoms with E-state index in [2.05, 4.69) is 31.4 Å². The minimum atomic E-state index is -0.112. The molecule has 2 aromatic heterocycles. The molecule has 0 aromatic carbocycles. The molecular formula is C10H11BrN4OS2. The maximum atomic E-state index is 12.1. The zero-order valence-electron chi connectivity index (χ0n) is 9.81. The van der Waals surface area contributed by atoms with Gasteiger partial charge >= 0.3 is 0 Å². The van der Waals surface area contributed by atoms with Gasteiger partial charge in [-0.3, -0.25) is 4.79 Å². The number of halogens is 1. The summed E-state index contributed by atoms with van der Waals surface area (Å²) in [4.78, 5) is 14.8. The fourth-order valence-electron chi connectivity index (χ4n) is 1.32. The lowest BCUT2D eigenvalue weighted by molar-refractivity contribution is 0.0785. The van der Waals surface area contributed by atoms with Gasteiger partial charge in [-0.25, -0.2) is 0 Å². The topological polar surface area (TPSA) is 58.1 Å². The molecule has 0 unspecified atom stereocenters. The molecule has 96 valence electrons. The normalized spacial score (nSPS) is 10.4. The smallest absolute Gasteiger partial charge is 0.284 e. The van der Waals surface area contributed by atoms with Gasteiger partial charge in [0.15, 0.2) is 0 Å². The lowest BCUT2D eigenvalue weighted by Gasteiger charge is -2.13. The van der Waals surface area contributed by atoms with Crippen LogP contribution in [0.3, 0.4) is 0 Å². The predicted octanol–water partition coefficient (Wildman–Crippen LogP) is 2.68. The molecule has 0 radical (unpaired) electrons. The third-order valence-corrected chi connectivity index (χ3v) is 4.79. The number of nitrogens with one attached hydrogen (secondary N) is 1. The molecular weight excluding hydrogens is 336 g/mol. The van der Waals surface area contributed by atoms with E-state index in [1.54, 1.807) is 30.3 Å². The van der Waals surface area contributed by atoms with Crippen LogP contribution in [0, 0.1) is 0 Å². The number of rotatable bonds is 4. The van der Waals surface area contributed by atoms with E-state index in [1.165, 1.54) is 11.3 Å². The lowest BCUT2D eigenvalue weighted by atomic mass is 10.4. The van der Waals surface area contributed by atoms with Crippen LogP contribution >= 0.6 is 38.6 Å². The van der Waals surface area contributed by atoms with Gasteiger partial charge < -0.3 is 10.2 Å². The van der Waals surface area contributed by atoms with Crippen molar-refractivity contribution in [3.8, 4) is 0 Å². The average molecular weight is 347 g/mol. The number of carbonyl (C=O) groups excluding carboxylic acids is 1. The molecule has 1 N–H and O–H groups in total. The molecule has 0 bridgehead atoms. The summed E-state index contributed by atoms with van der Waals surface area (Å²) >= 11 is 6.26. The number of anilines is 1. The molecule has 0 saturated carbocycles. The summed E-state index contributed by atoms with van der Waals surface area (Å²) in [6, 6.07) is 2.01. The van der Waals surface area contributed by atoms with Gasteiger partial charge in [0.2, 0.25) is 10.1 Å². The Morgan fingerprint density at radius 3 is 2.89 bits per heavy atom. The quantitative estimate of drug-likeness (QED) is 0.924. The SMILES string of the molecule is CNc1nnc(C(=O)N(C)Cc2cc(Br)cs2)s1. The summed E-state index contributed by atoms with van der Waals surface area (Å²) in [5.41, 5.74) is 0. The first-order valence-electron chi connectivity index (χ1n) is 5.10. The maximum absolute atomic E-state index is 12.1. The Morgan fingerprint density at radius 1 is 1.56 bits per heavy atom. The molecule has 2 aromatic rings. The largest absolute Gasteiger partial charge is 0.363 e. The summed E-state index contributed by atoms with van der Waals surface area (Å²) in [5.74, 6) is -0.112. The van der Waals surface area contributed by atoms with E-state index in [9.17, 15) is 4.79 Å². The van der Waals surface area contributed by atoms with Crippen molar-refractivity contribution in [2.75, 3.05) is 19.4 Å². The van der Waals surface area contributed by atoms with Crippen LogP contribution < -0.4 is 5.32 Å². The van der Waals surface area contributed by atoms with Crippen molar-refractivity contribution in [1.82, 2.24) is 15.1 Å². The number of amides is 1. The number of hydrogen-bond acceptors (Lipinski definition) is 6. The van der Waals surface area contributed by atoms with E-state index in [-0.39, 0.29) is 5.91 Å². The van der Waals surface area contributed by atoms with Gasteiger partial charge in [0.1, 0.15) is 0 Å². The third kappa shape index (κ3) is 3.06. The minimum Gasteiger partial charge on any atom is -0.363 e. The molecule has 2 heterocycles. The molecule has 0 spiro atoms. The Kier molecular flexibility index (Phi) is 4.31. The second-order valence-corrected chi connectivity index (χ2v) is 6.44. The van der Waals surface area contributed by atoms with E-state index in [0.29, 0.717) is 16.7 Å². The molecule has 0 aliphatic rings. The highest BCUT2D eigenvalue weighted by atomic mass is 79.9. The van der Waals surface area contributed by atoms with Gasteiger partial charge in [0.25, 0.3) is 5.91 Å². The average Bonchev–Trinajstić information content (AvgIpc) is 2.97. The first kappa shape index (κ1) is 13.4. The van der Waals surface area contributed by atoms with Crippen molar-refractivity contribution in [3.63, 3.8) is 0 Å². The standard InChI is InChI=1S/C10H11BrN4OS2/c1-12-10-14-13-8(18-10)9(16)15(2)4-7-3-6(11)5-17-7/h3,5H,4H2,1-2H3,(H,12,14). The lowest BCUT2D eigenvalue weighted by Crippen LogP contribution is -2.25. The number of carbonyl (C=O) groups is 1. The van der Waals surface area contributed by atoms with Gasteiger partial charge in [0, 0.05) is 28.8 Å². The van der Waals surface area contributed by atoms with Crippen LogP contribution in [0.5, 0.6) is 0 Å². The first-order valence-corrected chi connectivity index (χ1v) is 7.58. The van der Waals surface area contributed by atoms with Crippen LogP contribution in [0.15, 0.2) is 15.9 Å². The highest BCUT2D eigenvalue weighted by molar-refractivity contribution is 9.10. The second kappa shape index (κ2) is 5.77. The Labute approximate surface area is 121 Å². The van der Waals surface area contributed by atoms with Crippen LogP contribution in [0.1, 0.15) is 14.7 Å². The van der Waals surface area contributed by atoms with Crippen molar-refractivity contribution >= 4 is 49.6 Å². The van der Waals surface area contributed by atoms with Crippen molar-refractivity contribution in [2.45, 2.75) is 6.54 Å². The molecule has 0 atom stereocenters. The van der Waals surface area contributed by atoms with Crippen molar-refractivity contribution in [3.05, 3.63) is 25.8 Å². The van der Waals surface area contributed by atoms with Gasteiger partial charge in [-0.05, 0) is 22.0 Å². The molecule has 0 aliphatic heterocycles. The summed E-state index contributed by atoms with van der Waals surface area (Å²) in [6.07, 6.45) is 0. The zero-order chi connectivity index (χ0) is 13.1. The maximum Gasteiger partial charge on any atom is 0.284 e. The van der Waals surface area contributed by atoms with Gasteiger partial charge in [-0.2, -0.15) is 0 Å². The Balaban J connectivity index is 2.04. The van der Waals surface area contributed by atoms with E-state index in [1.807, 2.05) is 11.4 Å². The van der Waals surface area contributed by atoms with E-state index in [0.717, 1.165) is 9.35 Å². The summed E-state index contributed by atoms with van der Waals surface area (Å²) in [6.45, 7) is 0.573. The third-order valence-electron chi connectivity index (χ3n) is 2.18. The number of aromatic nitrogens is 2. The second-order valence-electron chi connectivity index (χ2n) is 3.55. The highest BCUT2D eigenvalue weighted by Gasteiger charge is 2.17. The van der Waals surface area contributed by atoms with Gasteiger partial charge in [-0.1, -0.05) is 11.3 Å². The minimum absolute atomic E-state index is 0.112. The van der Waals surface area contributed by atoms with Crippen molar-refractivity contribution in [2.24, 2.45) is 0 Å². The molecule has 2 rings (SSSR count). The van der Waals surface area contributed by atoms with E-state index < -0.39 is 0 Å². The number of hydrogen-bond donors (Lipinski definition) is 1. The first-order chi connectivity index (χ1) is 8.60. The fraction of sp³-hybridized carbons (Fsp3) is 0.300. The zero-order valence-corrected chi connectivity index (χ0v) is 13.0. The Morgan fingerprint density at radius 2 is 2.33 bits per heavy atom. The van der Waals surface area contributed by atoms with Crippen LogP contribution in [-0.2, 0) is 6.54 Å². The van der Waals surface area contributed by atoms with E-state index >= 15 is 0 Å². The summed E-state index contributed by atoms with van der Waals surface area (Å²) in [7, 11) is 3.51. The van der Waals surface area contributed by atoms with Crippen molar-refractivity contribution < 1.29 is 4.79 Å². The molecule has 5 nitrogen and oxygen atoms in total. The molecule has 1 amide bonds. The Hall–Kier alpha value is -0.990. The molecule has 8 heteroatoms. The molecule has 18 heavy (non-hydrogen) atoms. The van der Waals surface area contributed by atoms with Crippen molar-refractivity contribution in [1.29, 1.82) is 0 Å². The number of thiophene rings is 1. The number of nitrogens with zero attached hydrogens (tertiary/aromatic N) is 3. The predicted molar refractivity (Wildman–Crippen MR) is 77.3 cm³/mol. The van der Waals surface area contributed by atoms with Crippen LogP contribution in [-0.4, -0.2) is 35.1 Å². The molecule has 0 fully saturated rings. The summed E-state index contributed by atoms with van der Waals surface area (Å²) < 4.78 is 1.04. The van der Waals surface area contributed by atoms with E-state index in [4.69, 9.17) is 0 Å². The summed E-state index contributed by atoms with van der Waals surface area (Å²) in [5, 5.41) is 13.6. The molecule has 0 aliphatic carbocycles. The fourth-order valence-corrected chi connectivity index (χ4v) is 3.51. The van der Waals surface area contributed by atoms with Crippen LogP contribution in [0.4, 0.5) is 5.13 Å². The van der Waals surface area contributed by atoms with Gasteiger partial charge in [-0.15, -0.1) is 21.5 Å². The Bertz CT molecular complexity index is 554.